The molecule has 1 aliphatic rings. The predicted molar refractivity (Wildman–Crippen MR) is 118 cm³/mol. The molecule has 0 bridgehead atoms. The Kier molecular flexibility index (Phi) is 5.72. The summed E-state index contributed by atoms with van der Waals surface area (Å²) < 4.78 is 55.5. The molecule has 0 radical (unpaired) electrons. The lowest BCUT2D eigenvalue weighted by atomic mass is 9.93. The van der Waals surface area contributed by atoms with E-state index in [1.54, 1.807) is 43.6 Å². The molecule has 0 saturated carbocycles. The Hall–Kier alpha value is -2.55. The van der Waals surface area contributed by atoms with Gasteiger partial charge in [0.1, 0.15) is 0 Å². The molecular weight excluding hydrogens is 432 g/mol. The number of rotatable bonds is 5. The summed E-state index contributed by atoms with van der Waals surface area (Å²) in [7, 11) is -7.72. The molecule has 162 valence electrons. The lowest BCUT2D eigenvalue weighted by molar-refractivity contribution is 0.580. The zero-order chi connectivity index (χ0) is 22.2. The van der Waals surface area contributed by atoms with Crippen molar-refractivity contribution in [1.82, 2.24) is 9.71 Å². The van der Waals surface area contributed by atoms with Crippen LogP contribution in [0.3, 0.4) is 0 Å². The van der Waals surface area contributed by atoms with Crippen LogP contribution in [0.1, 0.15) is 35.1 Å². The number of nitrogens with one attached hydrogen (secondary N) is 1. The van der Waals surface area contributed by atoms with Crippen LogP contribution in [0.25, 0.3) is 0 Å². The summed E-state index contributed by atoms with van der Waals surface area (Å²) in [5, 5.41) is 0. The van der Waals surface area contributed by atoms with Crippen LogP contribution in [-0.4, -0.2) is 28.4 Å². The third-order valence-electron chi connectivity index (χ3n) is 5.63. The third-order valence-corrected chi connectivity index (χ3v) is 9.15. The van der Waals surface area contributed by atoms with Gasteiger partial charge in [-0.05, 0) is 66.1 Å². The van der Waals surface area contributed by atoms with Crippen LogP contribution in [0.15, 0.2) is 75.6 Å². The summed E-state index contributed by atoms with van der Waals surface area (Å²) in [6, 6.07) is 13.6. The summed E-state index contributed by atoms with van der Waals surface area (Å²) >= 11 is 0. The number of hydrogen-bond acceptors (Lipinski definition) is 5. The van der Waals surface area contributed by atoms with E-state index in [-0.39, 0.29) is 27.1 Å². The fraction of sp³-hybridized carbons (Fsp3) is 0.261. The van der Waals surface area contributed by atoms with Gasteiger partial charge < -0.3 is 0 Å². The van der Waals surface area contributed by atoms with E-state index < -0.39 is 19.9 Å². The van der Waals surface area contributed by atoms with Crippen LogP contribution in [-0.2, 0) is 32.7 Å². The first-order chi connectivity index (χ1) is 14.7. The van der Waals surface area contributed by atoms with Crippen molar-refractivity contribution in [3.05, 3.63) is 83.2 Å². The summed E-state index contributed by atoms with van der Waals surface area (Å²) in [5.41, 5.74) is 2.85. The van der Waals surface area contributed by atoms with Crippen molar-refractivity contribution < 1.29 is 16.8 Å². The van der Waals surface area contributed by atoms with E-state index in [1.165, 1.54) is 6.07 Å². The molecular formula is C23H24N2O4S2. The quantitative estimate of drug-likeness (QED) is 0.635. The first kappa shape index (κ1) is 21.7. The number of pyridine rings is 1. The molecule has 0 saturated heterocycles. The molecule has 1 aliphatic heterocycles. The molecule has 0 spiro atoms. The maximum absolute atomic E-state index is 13.4. The van der Waals surface area contributed by atoms with Gasteiger partial charge in [0.05, 0.1) is 14.7 Å². The van der Waals surface area contributed by atoms with Gasteiger partial charge in [0, 0.05) is 18.9 Å². The third kappa shape index (κ3) is 4.15. The molecule has 31 heavy (non-hydrogen) atoms. The fourth-order valence-electron chi connectivity index (χ4n) is 4.05. The molecule has 0 amide bonds. The Balaban J connectivity index is 1.73. The topological polar surface area (TPSA) is 93.2 Å². The summed E-state index contributed by atoms with van der Waals surface area (Å²) in [4.78, 5) is 4.34. The minimum absolute atomic E-state index is 0.00686. The molecule has 1 atom stereocenters. The van der Waals surface area contributed by atoms with E-state index >= 15 is 0 Å². The SMILES string of the molecule is Cc1cc2c(cc1S(=O)(=O)NCCc1cccnc1)S(=O)(=O)c1ccccc1CC2C. The van der Waals surface area contributed by atoms with E-state index in [9.17, 15) is 16.8 Å². The van der Waals surface area contributed by atoms with Crippen LogP contribution in [0.2, 0.25) is 0 Å². The molecule has 1 unspecified atom stereocenters. The number of benzene rings is 2. The summed E-state index contributed by atoms with van der Waals surface area (Å²) in [6.45, 7) is 3.86. The zero-order valence-electron chi connectivity index (χ0n) is 17.4. The smallest absolute Gasteiger partial charge is 0.240 e. The lowest BCUT2D eigenvalue weighted by Crippen LogP contribution is -2.27. The normalized spacial score (nSPS) is 17.4. The Labute approximate surface area is 183 Å². The molecule has 8 heteroatoms. The highest BCUT2D eigenvalue weighted by atomic mass is 32.2. The van der Waals surface area contributed by atoms with E-state index in [0.717, 1.165) is 11.1 Å². The fourth-order valence-corrected chi connectivity index (χ4v) is 7.24. The molecule has 3 aromatic rings. The number of aromatic nitrogens is 1. The van der Waals surface area contributed by atoms with Crippen molar-refractivity contribution in [2.75, 3.05) is 6.54 Å². The Morgan fingerprint density at radius 1 is 1.10 bits per heavy atom. The van der Waals surface area contributed by atoms with Gasteiger partial charge in [-0.1, -0.05) is 37.3 Å². The molecule has 1 N–H and O–H groups in total. The maximum atomic E-state index is 13.4. The lowest BCUT2D eigenvalue weighted by Gasteiger charge is -2.17. The molecule has 0 fully saturated rings. The van der Waals surface area contributed by atoms with Crippen molar-refractivity contribution in [3.8, 4) is 0 Å². The second-order valence-electron chi connectivity index (χ2n) is 7.88. The summed E-state index contributed by atoms with van der Waals surface area (Å²) in [6.07, 6.45) is 4.41. The Morgan fingerprint density at radius 2 is 1.87 bits per heavy atom. The van der Waals surface area contributed by atoms with Crippen molar-refractivity contribution in [1.29, 1.82) is 0 Å². The number of sulfone groups is 1. The van der Waals surface area contributed by atoms with Gasteiger partial charge in [-0.25, -0.2) is 21.6 Å². The van der Waals surface area contributed by atoms with Gasteiger partial charge >= 0.3 is 0 Å². The summed E-state index contributed by atoms with van der Waals surface area (Å²) in [5.74, 6) is -0.0533. The molecule has 0 aliphatic carbocycles. The average Bonchev–Trinajstić information content (AvgIpc) is 2.81. The first-order valence-corrected chi connectivity index (χ1v) is 13.0. The molecule has 4 rings (SSSR count). The molecule has 2 heterocycles. The van der Waals surface area contributed by atoms with Crippen LogP contribution in [0, 0.1) is 6.92 Å². The minimum Gasteiger partial charge on any atom is -0.264 e. The zero-order valence-corrected chi connectivity index (χ0v) is 19.0. The minimum atomic E-state index is -3.89. The Bertz CT molecular complexity index is 1340. The first-order valence-electron chi connectivity index (χ1n) is 10.1. The number of aryl methyl sites for hydroxylation is 1. The van der Waals surface area contributed by atoms with Crippen LogP contribution in [0.5, 0.6) is 0 Å². The molecule has 1 aromatic heterocycles. The highest BCUT2D eigenvalue weighted by Gasteiger charge is 2.32. The van der Waals surface area contributed by atoms with Gasteiger partial charge in [-0.15, -0.1) is 0 Å². The van der Waals surface area contributed by atoms with Gasteiger partial charge in [0.15, 0.2) is 0 Å². The number of fused-ring (bicyclic) bond motifs is 2. The number of nitrogens with zero attached hydrogens (tertiary/aromatic N) is 1. The van der Waals surface area contributed by atoms with Crippen molar-refractivity contribution >= 4 is 19.9 Å². The van der Waals surface area contributed by atoms with Gasteiger partial charge in [0.25, 0.3) is 0 Å². The largest absolute Gasteiger partial charge is 0.264 e. The standard InChI is InChI=1S/C23H24N2O4S2/c1-16-12-19-7-3-4-8-21(19)30(26,27)23-14-22(17(2)13-20(16)23)31(28,29)25-11-9-18-6-5-10-24-15-18/h3-8,10,13-16,25H,9,11-12H2,1-2H3. The number of sulfonamides is 1. The van der Waals surface area contributed by atoms with Crippen LogP contribution in [0.4, 0.5) is 0 Å². The van der Waals surface area contributed by atoms with E-state index in [2.05, 4.69) is 9.71 Å². The van der Waals surface area contributed by atoms with Gasteiger partial charge in [-0.2, -0.15) is 0 Å². The number of hydrogen-bond donors (Lipinski definition) is 1. The van der Waals surface area contributed by atoms with Crippen LogP contribution < -0.4 is 4.72 Å². The van der Waals surface area contributed by atoms with Crippen molar-refractivity contribution in [2.45, 2.75) is 47.3 Å². The average molecular weight is 457 g/mol. The molecule has 6 nitrogen and oxygen atoms in total. The van der Waals surface area contributed by atoms with E-state index in [1.807, 2.05) is 25.1 Å². The highest BCUT2D eigenvalue weighted by Crippen LogP contribution is 2.39. The van der Waals surface area contributed by atoms with Crippen molar-refractivity contribution in [3.63, 3.8) is 0 Å². The van der Waals surface area contributed by atoms with E-state index in [0.29, 0.717) is 24.0 Å². The second kappa shape index (κ2) is 8.18. The van der Waals surface area contributed by atoms with Gasteiger partial charge in [0.2, 0.25) is 19.9 Å². The van der Waals surface area contributed by atoms with E-state index in [4.69, 9.17) is 0 Å². The monoisotopic (exact) mass is 456 g/mol. The predicted octanol–water partition coefficient (Wildman–Crippen LogP) is 3.40. The van der Waals surface area contributed by atoms with Gasteiger partial charge in [-0.3, -0.25) is 4.98 Å². The second-order valence-corrected chi connectivity index (χ2v) is 11.5. The highest BCUT2D eigenvalue weighted by molar-refractivity contribution is 7.92. The maximum Gasteiger partial charge on any atom is 0.240 e. The van der Waals surface area contributed by atoms with Crippen LogP contribution >= 0.6 is 0 Å². The Morgan fingerprint density at radius 3 is 2.61 bits per heavy atom. The molecule has 2 aromatic carbocycles. The van der Waals surface area contributed by atoms with Crippen molar-refractivity contribution in [2.24, 2.45) is 0 Å².